The number of Topliss-reactive ketones (excluding diaryl/α,β-unsaturated/α-hetero) is 1. The van der Waals surface area contributed by atoms with Gasteiger partial charge in [-0.3, -0.25) is 14.6 Å². The number of hydrogen-bond donors (Lipinski definition) is 4. The molecule has 0 unspecified atom stereocenters. The lowest BCUT2D eigenvalue weighted by Crippen LogP contribution is -2.51. The van der Waals surface area contributed by atoms with Crippen LogP contribution >= 0.6 is 11.6 Å². The zero-order chi connectivity index (χ0) is 20.0. The maximum atomic E-state index is 12.3. The van der Waals surface area contributed by atoms with Gasteiger partial charge < -0.3 is 20.6 Å². The van der Waals surface area contributed by atoms with E-state index in [0.717, 1.165) is 0 Å². The van der Waals surface area contributed by atoms with Gasteiger partial charge in [0.1, 0.15) is 17.2 Å². The molecule has 0 spiro atoms. The number of carbonyl (C=O) groups excluding carboxylic acids is 2. The first-order valence-corrected chi connectivity index (χ1v) is 8.62. The van der Waals surface area contributed by atoms with Crippen molar-refractivity contribution in [2.24, 2.45) is 0 Å². The molecule has 0 aliphatic rings. The van der Waals surface area contributed by atoms with Gasteiger partial charge in [0.05, 0.1) is 18.8 Å². The first-order chi connectivity index (χ1) is 12.8. The second-order valence-electron chi connectivity index (χ2n) is 6.55. The van der Waals surface area contributed by atoms with Gasteiger partial charge in [-0.05, 0) is 42.8 Å². The Morgan fingerprint density at radius 3 is 2.52 bits per heavy atom. The fourth-order valence-electron chi connectivity index (χ4n) is 2.37. The maximum absolute atomic E-state index is 12.3. The number of pyridine rings is 1. The molecule has 27 heavy (non-hydrogen) atoms. The molecule has 1 aromatic heterocycles. The van der Waals surface area contributed by atoms with Gasteiger partial charge in [0, 0.05) is 29.6 Å². The Labute approximate surface area is 161 Å². The number of rotatable bonds is 8. The Kier molecular flexibility index (Phi) is 6.90. The van der Waals surface area contributed by atoms with E-state index in [-0.39, 0.29) is 30.1 Å². The molecule has 1 heterocycles. The molecule has 7 nitrogen and oxygen atoms in total. The summed E-state index contributed by atoms with van der Waals surface area (Å²) in [5, 5.41) is 31.3. The van der Waals surface area contributed by atoms with Crippen LogP contribution in [0, 0.1) is 0 Å². The van der Waals surface area contributed by atoms with Gasteiger partial charge in [-0.15, -0.1) is 0 Å². The SMILES string of the molecule is CC(CO)(CO)NC(=O)c1cc(CC(=O)Cc2cc(Cl)ccc2O)ccn1. The number of aliphatic hydroxyl groups is 2. The van der Waals surface area contributed by atoms with Gasteiger partial charge in [0.25, 0.3) is 5.91 Å². The van der Waals surface area contributed by atoms with E-state index in [0.29, 0.717) is 16.1 Å². The minimum atomic E-state index is -1.17. The van der Waals surface area contributed by atoms with Gasteiger partial charge in [-0.1, -0.05) is 11.6 Å². The zero-order valence-electron chi connectivity index (χ0n) is 14.8. The molecule has 144 valence electrons. The summed E-state index contributed by atoms with van der Waals surface area (Å²) in [5.74, 6) is -0.738. The standard InChI is InChI=1S/C19H21ClN2O5/c1-19(10-23,11-24)22-18(27)16-7-12(4-5-21-16)6-15(25)9-13-8-14(20)2-3-17(13)26/h2-5,7-8,23-24,26H,6,9-11H2,1H3,(H,22,27). The van der Waals surface area contributed by atoms with E-state index in [1.54, 1.807) is 6.07 Å². The summed E-state index contributed by atoms with van der Waals surface area (Å²) in [5.41, 5.74) is -0.0918. The minimum Gasteiger partial charge on any atom is -0.508 e. The van der Waals surface area contributed by atoms with E-state index < -0.39 is 24.7 Å². The predicted molar refractivity (Wildman–Crippen MR) is 99.8 cm³/mol. The van der Waals surface area contributed by atoms with E-state index in [1.165, 1.54) is 37.4 Å². The largest absolute Gasteiger partial charge is 0.508 e. The summed E-state index contributed by atoms with van der Waals surface area (Å²) in [6.07, 6.45) is 1.46. The number of aromatic nitrogens is 1. The van der Waals surface area contributed by atoms with Gasteiger partial charge in [-0.2, -0.15) is 0 Å². The number of halogens is 1. The highest BCUT2D eigenvalue weighted by Crippen LogP contribution is 2.22. The minimum absolute atomic E-state index is 0.00332. The van der Waals surface area contributed by atoms with Crippen LogP contribution in [0.25, 0.3) is 0 Å². The molecule has 2 rings (SSSR count). The van der Waals surface area contributed by atoms with Crippen LogP contribution in [0.15, 0.2) is 36.5 Å². The first-order valence-electron chi connectivity index (χ1n) is 8.24. The van der Waals surface area contributed by atoms with Crippen LogP contribution in [-0.2, 0) is 17.6 Å². The lowest BCUT2D eigenvalue weighted by molar-refractivity contribution is -0.117. The summed E-state index contributed by atoms with van der Waals surface area (Å²) >= 11 is 5.88. The normalized spacial score (nSPS) is 11.3. The molecule has 0 aliphatic heterocycles. The molecule has 0 bridgehead atoms. The molecule has 1 amide bonds. The van der Waals surface area contributed by atoms with Crippen molar-refractivity contribution in [3.63, 3.8) is 0 Å². The lowest BCUT2D eigenvalue weighted by atomic mass is 10.0. The summed E-state index contributed by atoms with van der Waals surface area (Å²) < 4.78 is 0. The number of nitrogens with one attached hydrogen (secondary N) is 1. The van der Waals surface area contributed by atoms with Crippen LogP contribution in [0.5, 0.6) is 5.75 Å². The number of hydrogen-bond acceptors (Lipinski definition) is 6. The number of benzene rings is 1. The van der Waals surface area contributed by atoms with Gasteiger partial charge in [-0.25, -0.2) is 0 Å². The molecule has 2 aromatic rings. The summed E-state index contributed by atoms with van der Waals surface area (Å²) in [7, 11) is 0. The Bertz CT molecular complexity index is 837. The van der Waals surface area contributed by atoms with Crippen LogP contribution in [-0.4, -0.2) is 50.7 Å². The summed E-state index contributed by atoms with van der Waals surface area (Å²) in [6, 6.07) is 7.58. The number of amides is 1. The van der Waals surface area contributed by atoms with Gasteiger partial charge >= 0.3 is 0 Å². The Hall–Kier alpha value is -2.48. The van der Waals surface area contributed by atoms with Crippen LogP contribution in [0.3, 0.4) is 0 Å². The van der Waals surface area contributed by atoms with Crippen molar-refractivity contribution in [2.75, 3.05) is 13.2 Å². The van der Waals surface area contributed by atoms with Crippen LogP contribution < -0.4 is 5.32 Å². The third-order valence-electron chi connectivity index (χ3n) is 4.00. The van der Waals surface area contributed by atoms with Crippen LogP contribution in [0.1, 0.15) is 28.5 Å². The zero-order valence-corrected chi connectivity index (χ0v) is 15.5. The summed E-state index contributed by atoms with van der Waals surface area (Å²) in [4.78, 5) is 28.5. The maximum Gasteiger partial charge on any atom is 0.270 e. The van der Waals surface area contributed by atoms with Crippen molar-refractivity contribution in [1.82, 2.24) is 10.3 Å². The highest BCUT2D eigenvalue weighted by molar-refractivity contribution is 6.30. The van der Waals surface area contributed by atoms with Gasteiger partial charge in [0.2, 0.25) is 0 Å². The highest BCUT2D eigenvalue weighted by atomic mass is 35.5. The van der Waals surface area contributed by atoms with Gasteiger partial charge in [0.15, 0.2) is 0 Å². The molecule has 0 aliphatic carbocycles. The number of aliphatic hydroxyl groups excluding tert-OH is 2. The van der Waals surface area contributed by atoms with Crippen molar-refractivity contribution in [3.8, 4) is 5.75 Å². The van der Waals surface area contributed by atoms with Crippen molar-refractivity contribution in [3.05, 3.63) is 58.4 Å². The van der Waals surface area contributed by atoms with Crippen molar-refractivity contribution in [1.29, 1.82) is 0 Å². The lowest BCUT2D eigenvalue weighted by Gasteiger charge is -2.25. The molecule has 8 heteroatoms. The number of phenolic OH excluding ortho intramolecular Hbond substituents is 1. The fourth-order valence-corrected chi connectivity index (χ4v) is 2.57. The molecular weight excluding hydrogens is 372 g/mol. The third-order valence-corrected chi connectivity index (χ3v) is 4.24. The van der Waals surface area contributed by atoms with E-state index in [9.17, 15) is 24.9 Å². The predicted octanol–water partition coefficient (Wildman–Crippen LogP) is 1.27. The number of nitrogens with zero attached hydrogens (tertiary/aromatic N) is 1. The number of ketones is 1. The average molecular weight is 393 g/mol. The fraction of sp³-hybridized carbons (Fsp3) is 0.316. The highest BCUT2D eigenvalue weighted by Gasteiger charge is 2.25. The first kappa shape index (κ1) is 20.8. The second kappa shape index (κ2) is 8.94. The van der Waals surface area contributed by atoms with Crippen molar-refractivity contribution in [2.45, 2.75) is 25.3 Å². The van der Waals surface area contributed by atoms with Crippen LogP contribution in [0.2, 0.25) is 5.02 Å². The number of phenols is 1. The Balaban J connectivity index is 2.07. The quantitative estimate of drug-likeness (QED) is 0.537. The summed E-state index contributed by atoms with van der Waals surface area (Å²) in [6.45, 7) is 0.628. The third kappa shape index (κ3) is 5.75. The molecular formula is C19H21ClN2O5. The molecule has 0 fully saturated rings. The van der Waals surface area contributed by atoms with Crippen molar-refractivity contribution < 1.29 is 24.9 Å². The second-order valence-corrected chi connectivity index (χ2v) is 6.98. The number of carbonyl (C=O) groups is 2. The van der Waals surface area contributed by atoms with Crippen LogP contribution in [0.4, 0.5) is 0 Å². The Morgan fingerprint density at radius 1 is 1.15 bits per heavy atom. The molecule has 1 aromatic carbocycles. The molecule has 0 saturated carbocycles. The average Bonchev–Trinajstić information content (AvgIpc) is 2.64. The molecule has 0 saturated heterocycles. The van der Waals surface area contributed by atoms with E-state index in [1.807, 2.05) is 0 Å². The molecule has 0 atom stereocenters. The number of aromatic hydroxyl groups is 1. The Morgan fingerprint density at radius 2 is 1.85 bits per heavy atom. The monoisotopic (exact) mass is 392 g/mol. The van der Waals surface area contributed by atoms with E-state index >= 15 is 0 Å². The topological polar surface area (TPSA) is 120 Å². The smallest absolute Gasteiger partial charge is 0.270 e. The van der Waals surface area contributed by atoms with E-state index in [4.69, 9.17) is 11.6 Å². The van der Waals surface area contributed by atoms with E-state index in [2.05, 4.69) is 10.3 Å². The van der Waals surface area contributed by atoms with Crippen molar-refractivity contribution >= 4 is 23.3 Å². The molecule has 4 N–H and O–H groups in total. The molecule has 0 radical (unpaired) electrons.